The molecule has 3 unspecified atom stereocenters. The fourth-order valence-electron chi connectivity index (χ4n) is 4.35. The molecule has 0 amide bonds. The monoisotopic (exact) mass is 292 g/mol. The average molecular weight is 292 g/mol. The Morgan fingerprint density at radius 3 is 2.50 bits per heavy atom. The first-order valence-electron chi connectivity index (χ1n) is 6.99. The lowest BCUT2D eigenvalue weighted by Gasteiger charge is -2.32. The summed E-state index contributed by atoms with van der Waals surface area (Å²) in [4.78, 5) is 12.2. The average Bonchev–Trinajstić information content (AvgIpc) is 2.91. The molecule has 2 saturated carbocycles. The first-order chi connectivity index (χ1) is 9.44. The summed E-state index contributed by atoms with van der Waals surface area (Å²) in [6.07, 6.45) is 2.40. The quantitative estimate of drug-likeness (QED) is 0.905. The third-order valence-corrected chi connectivity index (χ3v) is 7.24. The second-order valence-electron chi connectivity index (χ2n) is 6.50. The van der Waals surface area contributed by atoms with Crippen LogP contribution in [0.3, 0.4) is 0 Å². The highest BCUT2D eigenvalue weighted by Crippen LogP contribution is 2.65. The normalized spacial score (nSPS) is 40.1. The standard InChI is InChI=1S/C15H16O4S/c16-14(17)15(6-9-5-10(9)7-15)12-8-20(18,19)13-4-2-1-3-11(12)13/h1-4,9-10,12H,5-8H2,(H,16,17). The van der Waals surface area contributed by atoms with Crippen LogP contribution >= 0.6 is 0 Å². The van der Waals surface area contributed by atoms with Crippen LogP contribution in [-0.4, -0.2) is 25.2 Å². The lowest BCUT2D eigenvalue weighted by molar-refractivity contribution is -0.150. The van der Waals surface area contributed by atoms with Crippen molar-refractivity contribution in [2.75, 3.05) is 5.75 Å². The van der Waals surface area contributed by atoms with E-state index in [1.165, 1.54) is 0 Å². The molecule has 2 aliphatic carbocycles. The number of rotatable bonds is 2. The van der Waals surface area contributed by atoms with Gasteiger partial charge in [-0.1, -0.05) is 18.2 Å². The van der Waals surface area contributed by atoms with Crippen LogP contribution in [0, 0.1) is 17.3 Å². The zero-order valence-electron chi connectivity index (χ0n) is 11.0. The molecular formula is C15H16O4S. The van der Waals surface area contributed by atoms with E-state index in [4.69, 9.17) is 0 Å². The maximum atomic E-state index is 12.3. The Hall–Kier alpha value is -1.36. The molecule has 1 aliphatic heterocycles. The summed E-state index contributed by atoms with van der Waals surface area (Å²) in [5.41, 5.74) is -0.149. The molecule has 1 aromatic carbocycles. The van der Waals surface area contributed by atoms with Crippen molar-refractivity contribution < 1.29 is 18.3 Å². The number of benzene rings is 1. The minimum atomic E-state index is -3.33. The highest BCUT2D eigenvalue weighted by Gasteiger charge is 2.63. The summed E-state index contributed by atoms with van der Waals surface area (Å²) < 4.78 is 24.6. The fourth-order valence-corrected chi connectivity index (χ4v) is 6.32. The summed E-state index contributed by atoms with van der Waals surface area (Å²) in [5, 5.41) is 9.76. The molecule has 0 spiro atoms. The van der Waals surface area contributed by atoms with Gasteiger partial charge in [0.05, 0.1) is 16.1 Å². The molecule has 3 aliphatic rings. The van der Waals surface area contributed by atoms with Crippen LogP contribution in [0.5, 0.6) is 0 Å². The van der Waals surface area contributed by atoms with E-state index in [1.807, 2.05) is 0 Å². The van der Waals surface area contributed by atoms with E-state index < -0.39 is 21.2 Å². The van der Waals surface area contributed by atoms with Crippen molar-refractivity contribution in [2.45, 2.75) is 30.1 Å². The van der Waals surface area contributed by atoms with E-state index in [9.17, 15) is 18.3 Å². The molecule has 3 atom stereocenters. The minimum Gasteiger partial charge on any atom is -0.481 e. The molecule has 0 saturated heterocycles. The number of hydrogen-bond donors (Lipinski definition) is 1. The molecule has 5 heteroatoms. The third kappa shape index (κ3) is 1.47. The number of sulfone groups is 1. The third-order valence-electron chi connectivity index (χ3n) is 5.43. The van der Waals surface area contributed by atoms with Gasteiger partial charge in [0, 0.05) is 5.92 Å². The Kier molecular flexibility index (Phi) is 2.25. The van der Waals surface area contributed by atoms with Crippen LogP contribution in [0.4, 0.5) is 0 Å². The van der Waals surface area contributed by atoms with Gasteiger partial charge in [0.2, 0.25) is 0 Å². The van der Waals surface area contributed by atoms with Crippen LogP contribution in [0.1, 0.15) is 30.7 Å². The molecular weight excluding hydrogens is 276 g/mol. The predicted octanol–water partition coefficient (Wildman–Crippen LogP) is 2.06. The van der Waals surface area contributed by atoms with Crippen molar-refractivity contribution in [1.82, 2.24) is 0 Å². The lowest BCUT2D eigenvalue weighted by atomic mass is 9.70. The molecule has 4 nitrogen and oxygen atoms in total. The van der Waals surface area contributed by atoms with E-state index in [-0.39, 0.29) is 11.7 Å². The Labute approximate surface area is 117 Å². The maximum absolute atomic E-state index is 12.3. The number of carbonyl (C=O) groups is 1. The molecule has 0 aromatic heterocycles. The van der Waals surface area contributed by atoms with Gasteiger partial charge in [-0.25, -0.2) is 8.42 Å². The molecule has 4 rings (SSSR count). The number of aliphatic carboxylic acids is 1. The van der Waals surface area contributed by atoms with Crippen LogP contribution in [-0.2, 0) is 14.6 Å². The van der Waals surface area contributed by atoms with Crippen molar-refractivity contribution in [3.05, 3.63) is 29.8 Å². The summed E-state index contributed by atoms with van der Waals surface area (Å²) >= 11 is 0. The zero-order valence-corrected chi connectivity index (χ0v) is 11.8. The fraction of sp³-hybridized carbons (Fsp3) is 0.533. The number of carboxylic acid groups (broad SMARTS) is 1. The van der Waals surface area contributed by atoms with Crippen molar-refractivity contribution >= 4 is 15.8 Å². The van der Waals surface area contributed by atoms with Gasteiger partial charge in [-0.2, -0.15) is 0 Å². The summed E-state index contributed by atoms with van der Waals surface area (Å²) in [7, 11) is -3.33. The van der Waals surface area contributed by atoms with Crippen molar-refractivity contribution in [1.29, 1.82) is 0 Å². The van der Waals surface area contributed by atoms with Gasteiger partial charge in [-0.3, -0.25) is 4.79 Å². The lowest BCUT2D eigenvalue weighted by Crippen LogP contribution is -2.37. The van der Waals surface area contributed by atoms with Gasteiger partial charge < -0.3 is 5.11 Å². The zero-order chi connectivity index (χ0) is 14.1. The minimum absolute atomic E-state index is 0.0436. The maximum Gasteiger partial charge on any atom is 0.310 e. The molecule has 1 N–H and O–H groups in total. The van der Waals surface area contributed by atoms with Crippen LogP contribution in [0.2, 0.25) is 0 Å². The summed E-state index contributed by atoms with van der Waals surface area (Å²) in [6, 6.07) is 6.91. The van der Waals surface area contributed by atoms with Gasteiger partial charge in [-0.05, 0) is 42.7 Å². The second kappa shape index (κ2) is 3.64. The van der Waals surface area contributed by atoms with Gasteiger partial charge in [0.25, 0.3) is 0 Å². The molecule has 20 heavy (non-hydrogen) atoms. The highest BCUT2D eigenvalue weighted by molar-refractivity contribution is 7.91. The molecule has 0 radical (unpaired) electrons. The Morgan fingerprint density at radius 1 is 1.20 bits per heavy atom. The molecule has 1 heterocycles. The number of carboxylic acids is 1. The van der Waals surface area contributed by atoms with Gasteiger partial charge in [0.1, 0.15) is 0 Å². The Balaban J connectivity index is 1.85. The summed E-state index contributed by atoms with van der Waals surface area (Å²) in [6.45, 7) is 0. The van der Waals surface area contributed by atoms with Gasteiger partial charge in [0.15, 0.2) is 9.84 Å². The molecule has 1 aromatic rings. The second-order valence-corrected chi connectivity index (χ2v) is 8.50. The summed E-state index contributed by atoms with van der Waals surface area (Å²) in [5.74, 6) is -0.239. The Morgan fingerprint density at radius 2 is 1.85 bits per heavy atom. The van der Waals surface area contributed by atoms with Gasteiger partial charge in [-0.15, -0.1) is 0 Å². The van der Waals surface area contributed by atoms with Crippen LogP contribution in [0.25, 0.3) is 0 Å². The van der Waals surface area contributed by atoms with Crippen molar-refractivity contribution in [2.24, 2.45) is 17.3 Å². The smallest absolute Gasteiger partial charge is 0.310 e. The van der Waals surface area contributed by atoms with Crippen LogP contribution < -0.4 is 0 Å². The first-order valence-corrected chi connectivity index (χ1v) is 8.64. The molecule has 2 fully saturated rings. The van der Waals surface area contributed by atoms with Crippen LogP contribution in [0.15, 0.2) is 29.2 Å². The van der Waals surface area contributed by atoms with E-state index in [0.29, 0.717) is 29.6 Å². The number of hydrogen-bond acceptors (Lipinski definition) is 3. The van der Waals surface area contributed by atoms with E-state index in [0.717, 1.165) is 12.0 Å². The van der Waals surface area contributed by atoms with E-state index >= 15 is 0 Å². The highest BCUT2D eigenvalue weighted by atomic mass is 32.2. The Bertz CT molecular complexity index is 696. The van der Waals surface area contributed by atoms with Gasteiger partial charge >= 0.3 is 5.97 Å². The topological polar surface area (TPSA) is 71.4 Å². The SMILES string of the molecule is O=C(O)C1(C2CS(=O)(=O)c3ccccc32)CC2CC2C1. The molecule has 106 valence electrons. The number of fused-ring (bicyclic) bond motifs is 2. The molecule has 0 bridgehead atoms. The van der Waals surface area contributed by atoms with Crippen molar-refractivity contribution in [3.63, 3.8) is 0 Å². The largest absolute Gasteiger partial charge is 0.481 e. The van der Waals surface area contributed by atoms with Crippen molar-refractivity contribution in [3.8, 4) is 0 Å². The first kappa shape index (κ1) is 12.4. The van der Waals surface area contributed by atoms with E-state index in [2.05, 4.69) is 0 Å². The van der Waals surface area contributed by atoms with E-state index in [1.54, 1.807) is 24.3 Å². The predicted molar refractivity (Wildman–Crippen MR) is 72.1 cm³/mol.